The average Bonchev–Trinajstić information content (AvgIpc) is 2.98. The number of benzene rings is 2. The van der Waals surface area contributed by atoms with E-state index >= 15 is 0 Å². The summed E-state index contributed by atoms with van der Waals surface area (Å²) in [6.45, 7) is 1.07. The summed E-state index contributed by atoms with van der Waals surface area (Å²) in [5, 5.41) is 21.7. The van der Waals surface area contributed by atoms with E-state index in [1.54, 1.807) is 0 Å². The van der Waals surface area contributed by atoms with Gasteiger partial charge in [0, 0.05) is 22.7 Å². The Morgan fingerprint density at radius 2 is 1.76 bits per heavy atom. The summed E-state index contributed by atoms with van der Waals surface area (Å²) in [7, 11) is 0. The highest BCUT2D eigenvalue weighted by Crippen LogP contribution is 2.32. The Labute approximate surface area is 191 Å². The fraction of sp³-hybridized carbons (Fsp3) is 0.261. The van der Waals surface area contributed by atoms with Crippen molar-refractivity contribution in [2.75, 3.05) is 0 Å². The SMILES string of the molecule is Cc1c(CC(=O)NC(C)(C)C(=O)O)c2cc(O)c(F)cc2n1C(=O)c1ccc(OC(F)F)cc1. The van der Waals surface area contributed by atoms with Gasteiger partial charge in [0.05, 0.1) is 11.9 Å². The molecule has 0 spiro atoms. The van der Waals surface area contributed by atoms with Crippen molar-refractivity contribution >= 4 is 28.7 Å². The van der Waals surface area contributed by atoms with Crippen LogP contribution in [0.1, 0.15) is 35.5 Å². The monoisotopic (exact) mass is 478 g/mol. The molecule has 1 aromatic heterocycles. The molecule has 0 atom stereocenters. The number of halogens is 3. The first-order valence-corrected chi connectivity index (χ1v) is 9.98. The van der Waals surface area contributed by atoms with E-state index in [0.717, 1.165) is 16.7 Å². The van der Waals surface area contributed by atoms with Crippen LogP contribution in [0.15, 0.2) is 36.4 Å². The quantitative estimate of drug-likeness (QED) is 0.478. The highest BCUT2D eigenvalue weighted by molar-refractivity contribution is 6.05. The number of carboxylic acid groups (broad SMARTS) is 1. The number of amides is 1. The van der Waals surface area contributed by atoms with Crippen LogP contribution in [0.25, 0.3) is 10.9 Å². The number of nitrogens with zero attached hydrogens (tertiary/aromatic N) is 1. The maximum Gasteiger partial charge on any atom is 0.387 e. The van der Waals surface area contributed by atoms with Crippen LogP contribution >= 0.6 is 0 Å². The van der Waals surface area contributed by atoms with Crippen LogP contribution in [-0.2, 0) is 16.0 Å². The second-order valence-corrected chi connectivity index (χ2v) is 8.08. The minimum absolute atomic E-state index is 0.0611. The Balaban J connectivity index is 2.06. The molecule has 3 N–H and O–H groups in total. The molecule has 1 heterocycles. The minimum Gasteiger partial charge on any atom is -0.505 e. The van der Waals surface area contributed by atoms with Gasteiger partial charge in [-0.05, 0) is 56.7 Å². The lowest BCUT2D eigenvalue weighted by Crippen LogP contribution is -2.50. The third-order valence-corrected chi connectivity index (χ3v) is 5.26. The molecule has 0 fully saturated rings. The van der Waals surface area contributed by atoms with Crippen molar-refractivity contribution in [2.24, 2.45) is 0 Å². The van der Waals surface area contributed by atoms with Gasteiger partial charge in [0.15, 0.2) is 11.6 Å². The Morgan fingerprint density at radius 1 is 1.15 bits per heavy atom. The van der Waals surface area contributed by atoms with E-state index in [4.69, 9.17) is 0 Å². The van der Waals surface area contributed by atoms with E-state index in [2.05, 4.69) is 10.1 Å². The fourth-order valence-electron chi connectivity index (χ4n) is 3.49. The molecule has 0 radical (unpaired) electrons. The molecule has 0 unspecified atom stereocenters. The number of carbonyl (C=O) groups is 3. The molecule has 0 aliphatic rings. The van der Waals surface area contributed by atoms with E-state index in [0.29, 0.717) is 0 Å². The van der Waals surface area contributed by atoms with E-state index in [9.17, 15) is 37.8 Å². The van der Waals surface area contributed by atoms with Gasteiger partial charge in [0.25, 0.3) is 5.91 Å². The van der Waals surface area contributed by atoms with Crippen molar-refractivity contribution < 1.29 is 42.5 Å². The molecule has 0 aliphatic heterocycles. The second-order valence-electron chi connectivity index (χ2n) is 8.08. The number of ether oxygens (including phenoxy) is 1. The van der Waals surface area contributed by atoms with Crippen molar-refractivity contribution in [3.63, 3.8) is 0 Å². The molecule has 1 amide bonds. The third-order valence-electron chi connectivity index (χ3n) is 5.26. The summed E-state index contributed by atoms with van der Waals surface area (Å²) in [5.74, 6) is -4.42. The summed E-state index contributed by atoms with van der Waals surface area (Å²) in [6, 6.07) is 6.87. The zero-order valence-corrected chi connectivity index (χ0v) is 18.4. The van der Waals surface area contributed by atoms with E-state index in [1.165, 1.54) is 45.0 Å². The van der Waals surface area contributed by atoms with Gasteiger partial charge in [0.2, 0.25) is 5.91 Å². The van der Waals surface area contributed by atoms with Crippen LogP contribution in [0, 0.1) is 12.7 Å². The van der Waals surface area contributed by atoms with E-state index in [-0.39, 0.29) is 39.9 Å². The molecule has 0 aliphatic carbocycles. The number of hydrogen-bond donors (Lipinski definition) is 3. The number of aliphatic carboxylic acids is 1. The predicted octanol–water partition coefficient (Wildman–Crippen LogP) is 3.61. The average molecular weight is 478 g/mol. The van der Waals surface area contributed by atoms with Crippen molar-refractivity contribution in [1.82, 2.24) is 9.88 Å². The van der Waals surface area contributed by atoms with Crippen molar-refractivity contribution in [2.45, 2.75) is 39.3 Å². The molecule has 0 bridgehead atoms. The summed E-state index contributed by atoms with van der Waals surface area (Å²) < 4.78 is 44.3. The van der Waals surface area contributed by atoms with Crippen molar-refractivity contribution in [3.05, 3.63) is 59.0 Å². The molecular weight excluding hydrogens is 457 g/mol. The standard InChI is InChI=1S/C23H21F3N2O6/c1-11-14(9-19(30)27-23(2,3)21(32)33)15-8-18(29)16(24)10-17(15)28(11)20(31)12-4-6-13(7-5-12)34-22(25)26/h4-8,10,22,29H,9H2,1-3H3,(H,27,30)(H,32,33). The normalized spacial score (nSPS) is 11.6. The number of nitrogens with one attached hydrogen (secondary N) is 1. The number of alkyl halides is 2. The van der Waals surface area contributed by atoms with Gasteiger partial charge >= 0.3 is 12.6 Å². The zero-order chi connectivity index (χ0) is 25.4. The van der Waals surface area contributed by atoms with Crippen LogP contribution in [0.5, 0.6) is 11.5 Å². The molecule has 3 rings (SSSR count). The maximum atomic E-state index is 14.2. The molecule has 180 valence electrons. The summed E-state index contributed by atoms with van der Waals surface area (Å²) in [5.41, 5.74) is -0.907. The largest absolute Gasteiger partial charge is 0.505 e. The number of aromatic nitrogens is 1. The Hall–Kier alpha value is -4.02. The first kappa shape index (κ1) is 24.6. The van der Waals surface area contributed by atoms with Gasteiger partial charge in [-0.1, -0.05) is 0 Å². The number of carboxylic acids is 1. The molecule has 0 saturated carbocycles. The Morgan fingerprint density at radius 3 is 2.32 bits per heavy atom. The lowest BCUT2D eigenvalue weighted by molar-refractivity contribution is -0.145. The smallest absolute Gasteiger partial charge is 0.387 e. The van der Waals surface area contributed by atoms with Gasteiger partial charge in [-0.2, -0.15) is 8.78 Å². The molecule has 2 aromatic carbocycles. The summed E-state index contributed by atoms with van der Waals surface area (Å²) in [6.07, 6.45) is -0.356. The molecule has 34 heavy (non-hydrogen) atoms. The van der Waals surface area contributed by atoms with E-state index in [1.807, 2.05) is 0 Å². The lowest BCUT2D eigenvalue weighted by Gasteiger charge is -2.21. The first-order chi connectivity index (χ1) is 15.8. The number of carbonyl (C=O) groups excluding carboxylic acids is 2. The first-order valence-electron chi connectivity index (χ1n) is 9.98. The number of phenolic OH excluding ortho intramolecular Hbond substituents is 1. The minimum atomic E-state index is -3.03. The van der Waals surface area contributed by atoms with Crippen LogP contribution < -0.4 is 10.1 Å². The van der Waals surface area contributed by atoms with Gasteiger partial charge in [-0.3, -0.25) is 14.2 Å². The van der Waals surface area contributed by atoms with Gasteiger partial charge in [0.1, 0.15) is 11.3 Å². The maximum absolute atomic E-state index is 14.2. The van der Waals surface area contributed by atoms with Gasteiger partial charge in [-0.25, -0.2) is 9.18 Å². The van der Waals surface area contributed by atoms with Gasteiger partial charge < -0.3 is 20.3 Å². The van der Waals surface area contributed by atoms with Crippen LogP contribution in [0.4, 0.5) is 13.2 Å². The third kappa shape index (κ3) is 4.82. The fourth-order valence-corrected chi connectivity index (χ4v) is 3.49. The number of hydrogen-bond acceptors (Lipinski definition) is 5. The molecule has 11 heteroatoms. The highest BCUT2D eigenvalue weighted by atomic mass is 19.3. The summed E-state index contributed by atoms with van der Waals surface area (Å²) in [4.78, 5) is 37.1. The predicted molar refractivity (Wildman–Crippen MR) is 115 cm³/mol. The van der Waals surface area contributed by atoms with E-state index < -0.39 is 41.5 Å². The molecule has 3 aromatic rings. The molecule has 8 nitrogen and oxygen atoms in total. The van der Waals surface area contributed by atoms with Crippen molar-refractivity contribution in [3.8, 4) is 11.5 Å². The topological polar surface area (TPSA) is 118 Å². The zero-order valence-electron chi connectivity index (χ0n) is 18.4. The highest BCUT2D eigenvalue weighted by Gasteiger charge is 2.30. The number of fused-ring (bicyclic) bond motifs is 1. The number of phenols is 1. The lowest BCUT2D eigenvalue weighted by atomic mass is 10.0. The second kappa shape index (κ2) is 9.08. The number of aromatic hydroxyl groups is 1. The Bertz CT molecular complexity index is 1280. The summed E-state index contributed by atoms with van der Waals surface area (Å²) >= 11 is 0. The van der Waals surface area contributed by atoms with Gasteiger partial charge in [-0.15, -0.1) is 0 Å². The molecular formula is C23H21F3N2O6. The van der Waals surface area contributed by atoms with Crippen molar-refractivity contribution in [1.29, 1.82) is 0 Å². The Kier molecular flexibility index (Phi) is 6.58. The van der Waals surface area contributed by atoms with Crippen LogP contribution in [0.2, 0.25) is 0 Å². The number of rotatable bonds is 7. The molecule has 0 saturated heterocycles. The van der Waals surface area contributed by atoms with Crippen LogP contribution in [-0.4, -0.2) is 44.7 Å². The van der Waals surface area contributed by atoms with Crippen LogP contribution in [0.3, 0.4) is 0 Å².